The van der Waals surface area contributed by atoms with Gasteiger partial charge in [0.2, 0.25) is 0 Å². The molecule has 5 heteroatoms. The van der Waals surface area contributed by atoms with Gasteiger partial charge in [0.05, 0.1) is 13.7 Å². The molecule has 2 rings (SSSR count). The molecule has 1 aromatic heterocycles. The number of benzene rings is 1. The van der Waals surface area contributed by atoms with E-state index in [1.807, 2.05) is 18.2 Å². The van der Waals surface area contributed by atoms with Gasteiger partial charge in [-0.15, -0.1) is 11.3 Å². The molecule has 0 amide bonds. The van der Waals surface area contributed by atoms with Crippen LogP contribution in [0.5, 0.6) is 5.75 Å². The first-order valence-corrected chi connectivity index (χ1v) is 8.80. The van der Waals surface area contributed by atoms with Gasteiger partial charge >= 0.3 is 0 Å². The molecule has 2 N–H and O–H groups in total. The van der Waals surface area contributed by atoms with Crippen molar-refractivity contribution in [2.75, 3.05) is 20.2 Å². The minimum atomic E-state index is 0.330. The molecule has 0 aliphatic carbocycles. The Labute approximate surface area is 142 Å². The monoisotopic (exact) mass is 331 g/mol. The quantitative estimate of drug-likeness (QED) is 0.602. The number of ether oxygens (including phenoxy) is 1. The second-order valence-electron chi connectivity index (χ2n) is 5.30. The number of methoxy groups -OCH3 is 1. The first-order valence-electron chi connectivity index (χ1n) is 7.92. The van der Waals surface area contributed by atoms with E-state index >= 15 is 0 Å². The zero-order chi connectivity index (χ0) is 16.5. The summed E-state index contributed by atoms with van der Waals surface area (Å²) in [6, 6.07) is 12.3. The molecule has 124 valence electrons. The van der Waals surface area contributed by atoms with E-state index in [1.54, 1.807) is 18.4 Å². The highest BCUT2D eigenvalue weighted by Crippen LogP contribution is 2.25. The summed E-state index contributed by atoms with van der Waals surface area (Å²) in [6.07, 6.45) is 0. The lowest BCUT2D eigenvalue weighted by atomic mass is 10.0. The van der Waals surface area contributed by atoms with Gasteiger partial charge in [-0.3, -0.25) is 0 Å². The normalized spacial score (nSPS) is 12.7. The van der Waals surface area contributed by atoms with E-state index in [2.05, 4.69) is 53.1 Å². The Kier molecular flexibility index (Phi) is 6.94. The topological polar surface area (TPSA) is 45.7 Å². The van der Waals surface area contributed by atoms with Crippen molar-refractivity contribution in [3.63, 3.8) is 0 Å². The third-order valence-corrected chi connectivity index (χ3v) is 4.42. The number of para-hydroxylation sites is 1. The summed E-state index contributed by atoms with van der Waals surface area (Å²) in [5.41, 5.74) is 1.21. The van der Waals surface area contributed by atoms with E-state index < -0.39 is 0 Å². The number of nitrogens with one attached hydrogen (secondary N) is 2. The van der Waals surface area contributed by atoms with Crippen LogP contribution in [0.15, 0.2) is 46.8 Å². The standard InChI is InChI=1S/C18H25N3OS/c1-4-19-18(21-13-15-8-7-11-23-15)20-12-14(2)16-9-5-6-10-17(16)22-3/h5-11,14H,4,12-13H2,1-3H3,(H2,19,20,21). The SMILES string of the molecule is CCNC(=NCc1cccs1)NCC(C)c1ccccc1OC. The second kappa shape index (κ2) is 9.20. The molecule has 1 atom stereocenters. The number of thiophene rings is 1. The number of hydrogen-bond acceptors (Lipinski definition) is 3. The van der Waals surface area contributed by atoms with Crippen LogP contribution in [0.2, 0.25) is 0 Å². The number of aliphatic imine (C=N–C) groups is 1. The average molecular weight is 331 g/mol. The fraction of sp³-hybridized carbons (Fsp3) is 0.389. The van der Waals surface area contributed by atoms with Crippen molar-refractivity contribution in [1.29, 1.82) is 0 Å². The van der Waals surface area contributed by atoms with E-state index in [0.717, 1.165) is 24.8 Å². The fourth-order valence-corrected chi connectivity index (χ4v) is 2.96. The maximum atomic E-state index is 5.44. The molecule has 0 aliphatic rings. The average Bonchev–Trinajstić information content (AvgIpc) is 3.10. The highest BCUT2D eigenvalue weighted by Gasteiger charge is 2.11. The van der Waals surface area contributed by atoms with E-state index in [0.29, 0.717) is 12.5 Å². The summed E-state index contributed by atoms with van der Waals surface area (Å²) >= 11 is 1.73. The molecule has 0 bridgehead atoms. The second-order valence-corrected chi connectivity index (χ2v) is 6.33. The molecule has 0 saturated heterocycles. The van der Waals surface area contributed by atoms with E-state index in [1.165, 1.54) is 10.4 Å². The van der Waals surface area contributed by atoms with Gasteiger partial charge in [0.15, 0.2) is 5.96 Å². The van der Waals surface area contributed by atoms with Gasteiger partial charge in [-0.2, -0.15) is 0 Å². The molecule has 0 saturated carbocycles. The van der Waals surface area contributed by atoms with Gasteiger partial charge in [-0.1, -0.05) is 31.2 Å². The Morgan fingerprint density at radius 2 is 2.04 bits per heavy atom. The lowest BCUT2D eigenvalue weighted by Crippen LogP contribution is -2.39. The summed E-state index contributed by atoms with van der Waals surface area (Å²) in [4.78, 5) is 5.90. The molecule has 0 radical (unpaired) electrons. The van der Waals surface area contributed by atoms with Gasteiger partial charge in [-0.05, 0) is 30.0 Å². The molecular formula is C18H25N3OS. The smallest absolute Gasteiger partial charge is 0.191 e. The van der Waals surface area contributed by atoms with Crippen molar-refractivity contribution in [3.8, 4) is 5.75 Å². The minimum Gasteiger partial charge on any atom is -0.496 e. The van der Waals surface area contributed by atoms with E-state index in [4.69, 9.17) is 4.74 Å². The molecule has 0 fully saturated rings. The molecule has 2 aromatic rings. The van der Waals surface area contributed by atoms with Crippen LogP contribution in [-0.4, -0.2) is 26.2 Å². The molecular weight excluding hydrogens is 306 g/mol. The molecule has 1 unspecified atom stereocenters. The van der Waals surface area contributed by atoms with Crippen LogP contribution in [0, 0.1) is 0 Å². The van der Waals surface area contributed by atoms with Gasteiger partial charge in [0, 0.05) is 23.9 Å². The number of nitrogens with zero attached hydrogens (tertiary/aromatic N) is 1. The summed E-state index contributed by atoms with van der Waals surface area (Å²) in [5.74, 6) is 2.11. The fourth-order valence-electron chi connectivity index (χ4n) is 2.33. The van der Waals surface area contributed by atoms with Crippen molar-refractivity contribution < 1.29 is 4.74 Å². The third-order valence-electron chi connectivity index (χ3n) is 3.56. The van der Waals surface area contributed by atoms with Crippen molar-refractivity contribution in [2.24, 2.45) is 4.99 Å². The molecule has 4 nitrogen and oxygen atoms in total. The summed E-state index contributed by atoms with van der Waals surface area (Å²) < 4.78 is 5.44. The van der Waals surface area contributed by atoms with Gasteiger partial charge in [0.1, 0.15) is 5.75 Å². The van der Waals surface area contributed by atoms with Crippen LogP contribution in [-0.2, 0) is 6.54 Å². The highest BCUT2D eigenvalue weighted by molar-refractivity contribution is 7.09. The maximum Gasteiger partial charge on any atom is 0.191 e. The number of hydrogen-bond donors (Lipinski definition) is 2. The van der Waals surface area contributed by atoms with E-state index in [-0.39, 0.29) is 0 Å². The minimum absolute atomic E-state index is 0.330. The Morgan fingerprint density at radius 3 is 2.74 bits per heavy atom. The van der Waals surface area contributed by atoms with Crippen molar-refractivity contribution in [1.82, 2.24) is 10.6 Å². The molecule has 1 aromatic carbocycles. The van der Waals surface area contributed by atoms with Crippen molar-refractivity contribution in [3.05, 3.63) is 52.2 Å². The largest absolute Gasteiger partial charge is 0.496 e. The summed E-state index contributed by atoms with van der Waals surface area (Å²) in [5, 5.41) is 8.79. The van der Waals surface area contributed by atoms with Gasteiger partial charge in [0.25, 0.3) is 0 Å². The summed E-state index contributed by atoms with van der Waals surface area (Å²) in [6.45, 7) is 6.62. The molecule has 0 spiro atoms. The zero-order valence-electron chi connectivity index (χ0n) is 14.0. The van der Waals surface area contributed by atoms with Crippen molar-refractivity contribution >= 4 is 17.3 Å². The maximum absolute atomic E-state index is 5.44. The van der Waals surface area contributed by atoms with Gasteiger partial charge in [-0.25, -0.2) is 4.99 Å². The predicted molar refractivity (Wildman–Crippen MR) is 98.5 cm³/mol. The van der Waals surface area contributed by atoms with Crippen LogP contribution in [0.25, 0.3) is 0 Å². The third kappa shape index (κ3) is 5.28. The van der Waals surface area contributed by atoms with Crippen LogP contribution in [0.1, 0.15) is 30.2 Å². The Bertz CT molecular complexity index is 610. The lowest BCUT2D eigenvalue weighted by molar-refractivity contribution is 0.406. The molecule has 1 heterocycles. The molecule has 23 heavy (non-hydrogen) atoms. The van der Waals surface area contributed by atoms with Gasteiger partial charge < -0.3 is 15.4 Å². The first-order chi connectivity index (χ1) is 11.2. The predicted octanol–water partition coefficient (Wildman–Crippen LogP) is 3.62. The van der Waals surface area contributed by atoms with Crippen LogP contribution in [0.4, 0.5) is 0 Å². The Balaban J connectivity index is 1.96. The number of rotatable bonds is 7. The van der Waals surface area contributed by atoms with Crippen LogP contribution < -0.4 is 15.4 Å². The first kappa shape index (κ1) is 17.3. The van der Waals surface area contributed by atoms with Crippen molar-refractivity contribution in [2.45, 2.75) is 26.3 Å². The highest BCUT2D eigenvalue weighted by atomic mass is 32.1. The zero-order valence-corrected chi connectivity index (χ0v) is 14.8. The summed E-state index contributed by atoms with van der Waals surface area (Å²) in [7, 11) is 1.71. The number of guanidine groups is 1. The van der Waals surface area contributed by atoms with E-state index in [9.17, 15) is 0 Å². The Hall–Kier alpha value is -2.01. The molecule has 0 aliphatic heterocycles. The lowest BCUT2D eigenvalue weighted by Gasteiger charge is -2.18. The van der Waals surface area contributed by atoms with Crippen LogP contribution >= 0.6 is 11.3 Å². The van der Waals surface area contributed by atoms with Crippen LogP contribution in [0.3, 0.4) is 0 Å². The Morgan fingerprint density at radius 1 is 1.22 bits per heavy atom.